The smallest absolute Gasteiger partial charge is 0.147 e. The molecule has 0 bridgehead atoms. The molecule has 88 valence electrons. The maximum absolute atomic E-state index is 5.37. The Kier molecular flexibility index (Phi) is 3.72. The van der Waals surface area contributed by atoms with Crippen molar-refractivity contribution >= 4 is 5.82 Å². The molecule has 1 unspecified atom stereocenters. The standard InChI is InChI=1S/C12H19N3O/c1-9(11-3-7-16-8-4-11)15-12-10(2)13-5-6-14-12/h5-6,9,11H,3-4,7-8H2,1-2H3,(H,14,15). The fourth-order valence-electron chi connectivity index (χ4n) is 2.10. The fraction of sp³-hybridized carbons (Fsp3) is 0.667. The highest BCUT2D eigenvalue weighted by Crippen LogP contribution is 2.21. The third kappa shape index (κ3) is 2.70. The van der Waals surface area contributed by atoms with Crippen LogP contribution in [0.5, 0.6) is 0 Å². The first kappa shape index (κ1) is 11.3. The van der Waals surface area contributed by atoms with Gasteiger partial charge in [-0.15, -0.1) is 0 Å². The first-order chi connectivity index (χ1) is 7.77. The van der Waals surface area contributed by atoms with Crippen molar-refractivity contribution in [1.29, 1.82) is 0 Å². The predicted octanol–water partition coefficient (Wildman–Crippen LogP) is 2.01. The van der Waals surface area contributed by atoms with Crippen LogP contribution < -0.4 is 5.32 Å². The molecule has 1 N–H and O–H groups in total. The van der Waals surface area contributed by atoms with Crippen molar-refractivity contribution in [2.24, 2.45) is 5.92 Å². The van der Waals surface area contributed by atoms with Crippen molar-refractivity contribution < 1.29 is 4.74 Å². The van der Waals surface area contributed by atoms with Gasteiger partial charge in [0.2, 0.25) is 0 Å². The number of ether oxygens (including phenoxy) is 1. The maximum atomic E-state index is 5.37. The highest BCUT2D eigenvalue weighted by atomic mass is 16.5. The van der Waals surface area contributed by atoms with Gasteiger partial charge in [0.15, 0.2) is 0 Å². The summed E-state index contributed by atoms with van der Waals surface area (Å²) >= 11 is 0. The first-order valence-electron chi connectivity index (χ1n) is 5.89. The Morgan fingerprint density at radius 1 is 1.31 bits per heavy atom. The van der Waals surface area contributed by atoms with Gasteiger partial charge in [-0.1, -0.05) is 0 Å². The van der Waals surface area contributed by atoms with E-state index in [1.54, 1.807) is 12.4 Å². The molecular weight excluding hydrogens is 202 g/mol. The Bertz CT molecular complexity index is 337. The van der Waals surface area contributed by atoms with Crippen molar-refractivity contribution in [3.8, 4) is 0 Å². The molecule has 1 aliphatic rings. The molecular formula is C12H19N3O. The van der Waals surface area contributed by atoms with Crippen LogP contribution in [0, 0.1) is 12.8 Å². The van der Waals surface area contributed by atoms with Gasteiger partial charge >= 0.3 is 0 Å². The number of nitrogens with one attached hydrogen (secondary N) is 1. The molecule has 4 nitrogen and oxygen atoms in total. The van der Waals surface area contributed by atoms with Gasteiger partial charge in [0, 0.05) is 31.6 Å². The first-order valence-corrected chi connectivity index (χ1v) is 5.89. The summed E-state index contributed by atoms with van der Waals surface area (Å²) in [6.45, 7) is 5.96. The number of nitrogens with zero attached hydrogens (tertiary/aromatic N) is 2. The van der Waals surface area contributed by atoms with Gasteiger partial charge in [-0.25, -0.2) is 4.98 Å². The minimum atomic E-state index is 0.430. The van der Waals surface area contributed by atoms with E-state index < -0.39 is 0 Å². The SMILES string of the molecule is Cc1nccnc1NC(C)C1CCOCC1. The summed E-state index contributed by atoms with van der Waals surface area (Å²) in [7, 11) is 0. The molecule has 2 rings (SSSR count). The summed E-state index contributed by atoms with van der Waals surface area (Å²) < 4.78 is 5.37. The largest absolute Gasteiger partial charge is 0.381 e. The van der Waals surface area contributed by atoms with Crippen molar-refractivity contribution in [2.75, 3.05) is 18.5 Å². The fourth-order valence-corrected chi connectivity index (χ4v) is 2.10. The second-order valence-electron chi connectivity index (χ2n) is 4.37. The van der Waals surface area contributed by atoms with Crippen LogP contribution >= 0.6 is 0 Å². The topological polar surface area (TPSA) is 47.0 Å². The lowest BCUT2D eigenvalue weighted by Gasteiger charge is -2.28. The maximum Gasteiger partial charge on any atom is 0.147 e. The molecule has 0 saturated carbocycles. The zero-order valence-electron chi connectivity index (χ0n) is 9.94. The Hall–Kier alpha value is -1.16. The van der Waals surface area contributed by atoms with E-state index in [0.29, 0.717) is 12.0 Å². The minimum absolute atomic E-state index is 0.430. The molecule has 1 aromatic rings. The van der Waals surface area contributed by atoms with Crippen molar-refractivity contribution in [1.82, 2.24) is 9.97 Å². The molecule has 1 fully saturated rings. The molecule has 0 aliphatic carbocycles. The summed E-state index contributed by atoms with van der Waals surface area (Å²) in [6, 6.07) is 0.430. The molecule has 0 amide bonds. The van der Waals surface area contributed by atoms with Crippen LogP contribution in [0.25, 0.3) is 0 Å². The lowest BCUT2D eigenvalue weighted by atomic mass is 9.93. The Balaban J connectivity index is 1.96. The zero-order valence-corrected chi connectivity index (χ0v) is 9.94. The van der Waals surface area contributed by atoms with Gasteiger partial charge in [0.05, 0.1) is 5.69 Å². The summed E-state index contributed by atoms with van der Waals surface area (Å²) in [5, 5.41) is 3.45. The van der Waals surface area contributed by atoms with Gasteiger partial charge in [0.1, 0.15) is 5.82 Å². The van der Waals surface area contributed by atoms with E-state index >= 15 is 0 Å². The van der Waals surface area contributed by atoms with Crippen LogP contribution in [0.2, 0.25) is 0 Å². The molecule has 0 aromatic carbocycles. The molecule has 16 heavy (non-hydrogen) atoms. The molecule has 0 spiro atoms. The summed E-state index contributed by atoms with van der Waals surface area (Å²) in [5.74, 6) is 1.58. The Morgan fingerprint density at radius 2 is 2.00 bits per heavy atom. The zero-order chi connectivity index (χ0) is 11.4. The van der Waals surface area contributed by atoms with Crippen molar-refractivity contribution in [2.45, 2.75) is 32.7 Å². The van der Waals surface area contributed by atoms with Crippen molar-refractivity contribution in [3.05, 3.63) is 18.1 Å². The molecule has 0 radical (unpaired) electrons. The predicted molar refractivity (Wildman–Crippen MR) is 63.4 cm³/mol. The number of hydrogen-bond acceptors (Lipinski definition) is 4. The van der Waals surface area contributed by atoms with Crippen LogP contribution in [0.4, 0.5) is 5.82 Å². The Labute approximate surface area is 96.4 Å². The number of aryl methyl sites for hydroxylation is 1. The van der Waals surface area contributed by atoms with Crippen LogP contribution in [0.15, 0.2) is 12.4 Å². The molecule has 1 aromatic heterocycles. The number of anilines is 1. The molecule has 2 heterocycles. The van der Waals surface area contributed by atoms with E-state index in [1.165, 1.54) is 0 Å². The molecule has 1 saturated heterocycles. The molecule has 4 heteroatoms. The average Bonchev–Trinajstić information content (AvgIpc) is 2.33. The van der Waals surface area contributed by atoms with E-state index in [9.17, 15) is 0 Å². The highest BCUT2D eigenvalue weighted by molar-refractivity contribution is 5.39. The number of hydrogen-bond donors (Lipinski definition) is 1. The average molecular weight is 221 g/mol. The van der Waals surface area contributed by atoms with Crippen LogP contribution in [-0.4, -0.2) is 29.2 Å². The monoisotopic (exact) mass is 221 g/mol. The number of rotatable bonds is 3. The van der Waals surface area contributed by atoms with Gasteiger partial charge in [-0.05, 0) is 32.6 Å². The minimum Gasteiger partial charge on any atom is -0.381 e. The normalized spacial score (nSPS) is 19.4. The van der Waals surface area contributed by atoms with E-state index in [0.717, 1.165) is 37.6 Å². The summed E-state index contributed by atoms with van der Waals surface area (Å²) in [6.07, 6.45) is 5.71. The lowest BCUT2D eigenvalue weighted by Crippen LogP contribution is -2.31. The van der Waals surface area contributed by atoms with Crippen molar-refractivity contribution in [3.63, 3.8) is 0 Å². The molecule has 1 aliphatic heterocycles. The number of aromatic nitrogens is 2. The van der Waals surface area contributed by atoms with Gasteiger partial charge < -0.3 is 10.1 Å². The Morgan fingerprint density at radius 3 is 2.69 bits per heavy atom. The summed E-state index contributed by atoms with van der Waals surface area (Å²) in [5.41, 5.74) is 0.960. The third-order valence-electron chi connectivity index (χ3n) is 3.22. The van der Waals surface area contributed by atoms with Crippen LogP contribution in [0.1, 0.15) is 25.5 Å². The lowest BCUT2D eigenvalue weighted by molar-refractivity contribution is 0.0622. The quantitative estimate of drug-likeness (QED) is 0.848. The van der Waals surface area contributed by atoms with E-state index in [-0.39, 0.29) is 0 Å². The second-order valence-corrected chi connectivity index (χ2v) is 4.37. The second kappa shape index (κ2) is 5.25. The highest BCUT2D eigenvalue weighted by Gasteiger charge is 2.20. The van der Waals surface area contributed by atoms with E-state index in [2.05, 4.69) is 22.2 Å². The van der Waals surface area contributed by atoms with Gasteiger partial charge in [-0.2, -0.15) is 0 Å². The van der Waals surface area contributed by atoms with Gasteiger partial charge in [-0.3, -0.25) is 4.98 Å². The van der Waals surface area contributed by atoms with E-state index in [4.69, 9.17) is 4.74 Å². The van der Waals surface area contributed by atoms with Gasteiger partial charge in [0.25, 0.3) is 0 Å². The third-order valence-corrected chi connectivity index (χ3v) is 3.22. The van der Waals surface area contributed by atoms with Crippen LogP contribution in [0.3, 0.4) is 0 Å². The molecule has 1 atom stereocenters. The summed E-state index contributed by atoms with van der Waals surface area (Å²) in [4.78, 5) is 8.54. The van der Waals surface area contributed by atoms with E-state index in [1.807, 2.05) is 6.92 Å². The van der Waals surface area contributed by atoms with Crippen LogP contribution in [-0.2, 0) is 4.74 Å².